The third kappa shape index (κ3) is 4.10. The number of anilines is 1. The Bertz CT molecular complexity index is 1160. The summed E-state index contributed by atoms with van der Waals surface area (Å²) in [4.78, 5) is 7.75. The van der Waals surface area contributed by atoms with Crippen LogP contribution in [0.5, 0.6) is 11.5 Å². The molecule has 0 aliphatic rings. The second-order valence-electron chi connectivity index (χ2n) is 7.05. The van der Waals surface area contributed by atoms with Crippen LogP contribution >= 0.6 is 0 Å². The predicted molar refractivity (Wildman–Crippen MR) is 119 cm³/mol. The van der Waals surface area contributed by atoms with Crippen LogP contribution in [-0.2, 0) is 0 Å². The smallest absolute Gasteiger partial charge is 0.272 e. The molecule has 3 N–H and O–H groups in total. The molecule has 2 heterocycles. The average Bonchev–Trinajstić information content (AvgIpc) is 2.78. The summed E-state index contributed by atoms with van der Waals surface area (Å²) < 4.78 is 5.60. The molecule has 30 heavy (non-hydrogen) atoms. The van der Waals surface area contributed by atoms with Crippen molar-refractivity contribution in [3.8, 4) is 11.5 Å². The molecule has 0 bridgehead atoms. The summed E-state index contributed by atoms with van der Waals surface area (Å²) in [5, 5.41) is 15.5. The van der Waals surface area contributed by atoms with Crippen LogP contribution in [-0.4, -0.2) is 16.7 Å². The van der Waals surface area contributed by atoms with Crippen LogP contribution in [0.3, 0.4) is 0 Å². The van der Waals surface area contributed by atoms with E-state index < -0.39 is 0 Å². The molecule has 0 saturated carbocycles. The number of aromatic amines is 1. The number of phenolic OH excluding ortho intramolecular Hbond substituents is 1. The van der Waals surface area contributed by atoms with Crippen molar-refractivity contribution in [3.05, 3.63) is 102 Å². The van der Waals surface area contributed by atoms with Crippen molar-refractivity contribution in [2.75, 3.05) is 11.9 Å². The van der Waals surface area contributed by atoms with Gasteiger partial charge in [-0.25, -0.2) is 9.97 Å². The quantitative estimate of drug-likeness (QED) is 0.438. The highest BCUT2D eigenvalue weighted by atomic mass is 16.5. The SMILES string of the molecule is C=CCOc1ccc([C@H](Nc2cccc[nH+]2)c2ccc3ccc(C)nc3c2O)cc1. The Balaban J connectivity index is 1.78. The number of ether oxygens (including phenoxy) is 1. The van der Waals surface area contributed by atoms with Crippen molar-refractivity contribution in [2.24, 2.45) is 0 Å². The fourth-order valence-electron chi connectivity index (χ4n) is 3.41. The molecule has 5 heteroatoms. The molecule has 0 fully saturated rings. The Morgan fingerprint density at radius 3 is 2.63 bits per heavy atom. The number of aromatic hydroxyl groups is 1. The van der Waals surface area contributed by atoms with Gasteiger partial charge >= 0.3 is 0 Å². The van der Waals surface area contributed by atoms with Gasteiger partial charge in [-0.2, -0.15) is 0 Å². The van der Waals surface area contributed by atoms with E-state index in [1.54, 1.807) is 6.08 Å². The predicted octanol–water partition coefficient (Wildman–Crippen LogP) is 4.83. The summed E-state index contributed by atoms with van der Waals surface area (Å²) in [6.45, 7) is 6.05. The summed E-state index contributed by atoms with van der Waals surface area (Å²) in [7, 11) is 0. The maximum absolute atomic E-state index is 11.1. The van der Waals surface area contributed by atoms with Gasteiger partial charge in [0.25, 0.3) is 5.82 Å². The summed E-state index contributed by atoms with van der Waals surface area (Å²) in [5.74, 6) is 1.78. The van der Waals surface area contributed by atoms with E-state index in [0.29, 0.717) is 12.1 Å². The number of hydrogen-bond acceptors (Lipinski definition) is 4. The molecule has 0 aliphatic carbocycles. The minimum atomic E-state index is -0.288. The topological polar surface area (TPSA) is 68.5 Å². The van der Waals surface area contributed by atoms with E-state index in [4.69, 9.17) is 4.74 Å². The van der Waals surface area contributed by atoms with Gasteiger partial charge in [-0.3, -0.25) is 5.32 Å². The second-order valence-corrected chi connectivity index (χ2v) is 7.05. The monoisotopic (exact) mass is 398 g/mol. The van der Waals surface area contributed by atoms with E-state index in [-0.39, 0.29) is 11.8 Å². The third-order valence-corrected chi connectivity index (χ3v) is 4.91. The van der Waals surface area contributed by atoms with Crippen molar-refractivity contribution in [1.29, 1.82) is 0 Å². The molecule has 150 valence electrons. The number of phenols is 1. The molecular weight excluding hydrogens is 374 g/mol. The lowest BCUT2D eigenvalue weighted by Crippen LogP contribution is -2.19. The zero-order chi connectivity index (χ0) is 20.9. The zero-order valence-electron chi connectivity index (χ0n) is 16.8. The Morgan fingerprint density at radius 1 is 1.10 bits per heavy atom. The third-order valence-electron chi connectivity index (χ3n) is 4.91. The van der Waals surface area contributed by atoms with Gasteiger partial charge in [0.05, 0.1) is 6.20 Å². The fraction of sp³-hybridized carbons (Fsp3) is 0.120. The van der Waals surface area contributed by atoms with E-state index in [1.165, 1.54) is 0 Å². The summed E-state index contributed by atoms with van der Waals surface area (Å²) >= 11 is 0. The van der Waals surface area contributed by atoms with Gasteiger partial charge in [0.2, 0.25) is 0 Å². The highest BCUT2D eigenvalue weighted by molar-refractivity contribution is 5.86. The van der Waals surface area contributed by atoms with Crippen LogP contribution in [0.1, 0.15) is 22.9 Å². The van der Waals surface area contributed by atoms with Crippen LogP contribution in [0.25, 0.3) is 10.9 Å². The maximum Gasteiger partial charge on any atom is 0.272 e. The maximum atomic E-state index is 11.1. The van der Waals surface area contributed by atoms with Gasteiger partial charge in [0, 0.05) is 28.3 Å². The molecule has 0 unspecified atom stereocenters. The standard InChI is InChI=1S/C25H23N3O2/c1-3-16-30-20-12-9-18(10-13-20)23(28-22-6-4-5-15-26-22)21-14-11-19-8-7-17(2)27-24(19)25(21)29/h3-15,23,29H,1,16H2,2H3,(H,26,28)/p+1/t23-/m0/s1. The van der Waals surface area contributed by atoms with E-state index in [1.807, 2.05) is 79.9 Å². The van der Waals surface area contributed by atoms with E-state index >= 15 is 0 Å². The summed E-state index contributed by atoms with van der Waals surface area (Å²) in [6, 6.07) is 21.2. The van der Waals surface area contributed by atoms with E-state index in [9.17, 15) is 5.11 Å². The molecule has 0 aliphatic heterocycles. The van der Waals surface area contributed by atoms with Crippen molar-refractivity contribution in [1.82, 2.24) is 4.98 Å². The number of aryl methyl sites for hydroxylation is 1. The Kier molecular flexibility index (Phi) is 5.61. The van der Waals surface area contributed by atoms with Gasteiger partial charge < -0.3 is 9.84 Å². The number of rotatable bonds is 7. The first-order chi connectivity index (χ1) is 14.7. The van der Waals surface area contributed by atoms with Gasteiger partial charge in [0.1, 0.15) is 29.7 Å². The number of pyridine rings is 2. The van der Waals surface area contributed by atoms with Gasteiger partial charge in [0.15, 0.2) is 0 Å². The first kappa shape index (κ1) is 19.5. The van der Waals surface area contributed by atoms with Crippen molar-refractivity contribution >= 4 is 16.7 Å². The van der Waals surface area contributed by atoms with Crippen LogP contribution < -0.4 is 15.0 Å². The fourth-order valence-corrected chi connectivity index (χ4v) is 3.41. The lowest BCUT2D eigenvalue weighted by atomic mass is 9.96. The molecular formula is C25H24N3O2+. The molecule has 0 spiro atoms. The summed E-state index contributed by atoms with van der Waals surface area (Å²) in [6.07, 6.45) is 3.57. The number of nitrogens with one attached hydrogen (secondary N) is 2. The van der Waals surface area contributed by atoms with Crippen LogP contribution in [0.2, 0.25) is 0 Å². The Morgan fingerprint density at radius 2 is 1.90 bits per heavy atom. The highest BCUT2D eigenvalue weighted by Gasteiger charge is 2.24. The first-order valence-corrected chi connectivity index (χ1v) is 9.82. The van der Waals surface area contributed by atoms with Crippen LogP contribution in [0.15, 0.2) is 85.6 Å². The zero-order valence-corrected chi connectivity index (χ0v) is 16.8. The highest BCUT2D eigenvalue weighted by Crippen LogP contribution is 2.36. The average molecular weight is 398 g/mol. The molecule has 2 aromatic carbocycles. The van der Waals surface area contributed by atoms with Crippen molar-refractivity contribution < 1.29 is 14.8 Å². The Labute approximate surface area is 175 Å². The number of H-pyrrole nitrogens is 1. The van der Waals surface area contributed by atoms with Crippen LogP contribution in [0.4, 0.5) is 5.82 Å². The van der Waals surface area contributed by atoms with E-state index in [0.717, 1.165) is 33.8 Å². The molecule has 5 nitrogen and oxygen atoms in total. The minimum Gasteiger partial charge on any atom is -0.505 e. The molecule has 4 rings (SSSR count). The molecule has 4 aromatic rings. The normalized spacial score (nSPS) is 11.8. The Hall–Kier alpha value is -3.86. The number of hydrogen-bond donors (Lipinski definition) is 2. The van der Waals surface area contributed by atoms with Gasteiger partial charge in [-0.05, 0) is 37.3 Å². The second kappa shape index (κ2) is 8.66. The van der Waals surface area contributed by atoms with Crippen molar-refractivity contribution in [3.63, 3.8) is 0 Å². The molecule has 0 amide bonds. The lowest BCUT2D eigenvalue weighted by molar-refractivity contribution is -0.361. The van der Waals surface area contributed by atoms with Crippen LogP contribution in [0, 0.1) is 6.92 Å². The van der Waals surface area contributed by atoms with Crippen molar-refractivity contribution in [2.45, 2.75) is 13.0 Å². The van der Waals surface area contributed by atoms with Gasteiger partial charge in [-0.15, -0.1) is 0 Å². The van der Waals surface area contributed by atoms with Gasteiger partial charge in [-0.1, -0.05) is 43.0 Å². The molecule has 0 radical (unpaired) electrons. The number of benzene rings is 2. The largest absolute Gasteiger partial charge is 0.505 e. The molecule has 0 saturated heterocycles. The molecule has 1 atom stereocenters. The van der Waals surface area contributed by atoms with E-state index in [2.05, 4.69) is 21.9 Å². The lowest BCUT2D eigenvalue weighted by Gasteiger charge is -2.18. The number of nitrogens with zero attached hydrogens (tertiary/aromatic N) is 1. The number of aromatic nitrogens is 2. The first-order valence-electron chi connectivity index (χ1n) is 9.82. The summed E-state index contributed by atoms with van der Waals surface area (Å²) in [5.41, 5.74) is 3.19. The molecule has 2 aromatic heterocycles. The number of fused-ring (bicyclic) bond motifs is 1. The minimum absolute atomic E-state index is 0.177.